The summed E-state index contributed by atoms with van der Waals surface area (Å²) >= 11 is 1.62. The van der Waals surface area contributed by atoms with E-state index >= 15 is 0 Å². The molecule has 2 fully saturated rings. The van der Waals surface area contributed by atoms with Crippen LogP contribution in [0.1, 0.15) is 49.9 Å². The molecular formula is C23H29N9OS. The predicted octanol–water partition coefficient (Wildman–Crippen LogP) is 3.69. The van der Waals surface area contributed by atoms with Gasteiger partial charge in [-0.2, -0.15) is 10.1 Å². The summed E-state index contributed by atoms with van der Waals surface area (Å²) in [5.41, 5.74) is 1.91. The lowest BCUT2D eigenvalue weighted by atomic mass is 9.81. The van der Waals surface area contributed by atoms with E-state index in [1.807, 2.05) is 42.2 Å². The first-order valence-electron chi connectivity index (χ1n) is 11.8. The molecule has 0 spiro atoms. The van der Waals surface area contributed by atoms with Gasteiger partial charge in [-0.15, -0.1) is 11.3 Å². The van der Waals surface area contributed by atoms with Crippen LogP contribution >= 0.6 is 11.3 Å². The van der Waals surface area contributed by atoms with Crippen molar-refractivity contribution in [3.05, 3.63) is 41.4 Å². The number of aryl methyl sites for hydroxylation is 2. The topological polar surface area (TPSA) is 120 Å². The third-order valence-corrected chi connectivity index (χ3v) is 7.90. The van der Waals surface area contributed by atoms with E-state index in [0.29, 0.717) is 23.9 Å². The average molecular weight is 480 g/mol. The number of imidazole rings is 1. The maximum atomic E-state index is 11.2. The molecular weight excluding hydrogens is 450 g/mol. The van der Waals surface area contributed by atoms with Gasteiger partial charge in [0.15, 0.2) is 23.7 Å². The Bertz CT molecular complexity index is 1280. The van der Waals surface area contributed by atoms with Crippen LogP contribution in [0.15, 0.2) is 29.9 Å². The minimum Gasteiger partial charge on any atom is -0.371 e. The largest absolute Gasteiger partial charge is 0.371 e. The molecule has 178 valence electrons. The van der Waals surface area contributed by atoms with Crippen LogP contribution in [-0.4, -0.2) is 57.8 Å². The van der Waals surface area contributed by atoms with Crippen molar-refractivity contribution in [1.29, 1.82) is 0 Å². The van der Waals surface area contributed by atoms with E-state index in [-0.39, 0.29) is 6.04 Å². The molecule has 0 aliphatic carbocycles. The summed E-state index contributed by atoms with van der Waals surface area (Å²) in [4.78, 5) is 16.3. The first kappa shape index (κ1) is 21.5. The number of aliphatic hydroxyl groups is 1. The number of hydrogen-bond acceptors (Lipinski definition) is 9. The molecule has 0 saturated carbocycles. The fourth-order valence-electron chi connectivity index (χ4n) is 5.49. The summed E-state index contributed by atoms with van der Waals surface area (Å²) in [6, 6.07) is 4.82. The number of nitrogens with one attached hydrogen (secondary N) is 3. The van der Waals surface area contributed by atoms with E-state index in [0.717, 1.165) is 53.2 Å². The number of aromatic amines is 1. The number of rotatable bonds is 6. The summed E-state index contributed by atoms with van der Waals surface area (Å²) in [6.45, 7) is 1.97. The Morgan fingerprint density at radius 1 is 1.24 bits per heavy atom. The molecule has 2 aliphatic rings. The zero-order valence-electron chi connectivity index (χ0n) is 19.3. The minimum atomic E-state index is -0.678. The maximum absolute atomic E-state index is 11.2. The number of nitrogens with zero attached hydrogens (tertiary/aromatic N) is 6. The molecule has 0 aromatic carbocycles. The SMILES string of the molecule is Cc1cc(Nc2nc(N[C@@H]3C[C@H]4CCC[C@@H](C3)N4C(O)c3nccn3C)nc3ccsc23)n[nH]1. The Labute approximate surface area is 201 Å². The Morgan fingerprint density at radius 3 is 2.76 bits per heavy atom. The smallest absolute Gasteiger partial charge is 0.225 e. The van der Waals surface area contributed by atoms with Gasteiger partial charge in [-0.1, -0.05) is 6.42 Å². The molecule has 4 atom stereocenters. The van der Waals surface area contributed by atoms with Crippen molar-refractivity contribution in [3.8, 4) is 0 Å². The fraction of sp³-hybridized carbons (Fsp3) is 0.478. The van der Waals surface area contributed by atoms with Crippen molar-refractivity contribution in [1.82, 2.24) is 34.6 Å². The summed E-state index contributed by atoms with van der Waals surface area (Å²) in [5, 5.41) is 27.4. The Kier molecular flexibility index (Phi) is 5.47. The van der Waals surface area contributed by atoms with Gasteiger partial charge in [-0.25, -0.2) is 9.97 Å². The van der Waals surface area contributed by atoms with Gasteiger partial charge in [0.25, 0.3) is 0 Å². The zero-order chi connectivity index (χ0) is 23.2. The predicted molar refractivity (Wildman–Crippen MR) is 132 cm³/mol. The van der Waals surface area contributed by atoms with Crippen LogP contribution in [0.3, 0.4) is 0 Å². The van der Waals surface area contributed by atoms with Crippen molar-refractivity contribution < 1.29 is 5.11 Å². The molecule has 2 saturated heterocycles. The average Bonchev–Trinajstić information content (AvgIpc) is 3.54. The van der Waals surface area contributed by atoms with Crippen molar-refractivity contribution in [2.45, 2.75) is 63.4 Å². The first-order chi connectivity index (χ1) is 16.5. The van der Waals surface area contributed by atoms with E-state index in [2.05, 4.69) is 30.7 Å². The summed E-state index contributed by atoms with van der Waals surface area (Å²) in [5.74, 6) is 2.83. The van der Waals surface area contributed by atoms with Crippen LogP contribution in [-0.2, 0) is 7.05 Å². The highest BCUT2D eigenvalue weighted by molar-refractivity contribution is 7.17. The van der Waals surface area contributed by atoms with Gasteiger partial charge in [0.05, 0.1) is 10.2 Å². The molecule has 0 amide bonds. The lowest BCUT2D eigenvalue weighted by Crippen LogP contribution is -2.56. The molecule has 2 bridgehead atoms. The third kappa shape index (κ3) is 3.93. The standard InChI is InChI=1S/C23H29N9OS/c1-13-10-18(30-29-13)27-20-19-17(6-9-34-19)26-23(28-20)25-14-11-15-4-3-5-16(12-14)32(15)22(33)21-24-7-8-31(21)2/h6-10,14-16,22,33H,3-5,11-12H2,1-2H3,(H3,25,26,27,28,29,30)/t14-,15-,16+,22?. The van der Waals surface area contributed by atoms with Gasteiger partial charge in [0.1, 0.15) is 0 Å². The van der Waals surface area contributed by atoms with Gasteiger partial charge in [-0.05, 0) is 44.1 Å². The van der Waals surface area contributed by atoms with Gasteiger partial charge < -0.3 is 20.3 Å². The van der Waals surface area contributed by atoms with Gasteiger partial charge in [0, 0.05) is 49.3 Å². The van der Waals surface area contributed by atoms with Crippen molar-refractivity contribution in [3.63, 3.8) is 0 Å². The Balaban J connectivity index is 1.22. The van der Waals surface area contributed by atoms with Crippen molar-refractivity contribution in [2.75, 3.05) is 10.6 Å². The second-order valence-corrected chi connectivity index (χ2v) is 10.3. The van der Waals surface area contributed by atoms with Crippen LogP contribution in [0, 0.1) is 6.92 Å². The second kappa shape index (κ2) is 8.64. The highest BCUT2D eigenvalue weighted by Gasteiger charge is 2.42. The lowest BCUT2D eigenvalue weighted by molar-refractivity contribution is -0.102. The maximum Gasteiger partial charge on any atom is 0.225 e. The molecule has 6 heterocycles. The number of aromatic nitrogens is 6. The molecule has 4 aromatic heterocycles. The second-order valence-electron chi connectivity index (χ2n) is 9.36. The van der Waals surface area contributed by atoms with Crippen LogP contribution in [0.4, 0.5) is 17.6 Å². The molecule has 0 radical (unpaired) electrons. The number of hydrogen-bond donors (Lipinski definition) is 4. The Hall–Kier alpha value is -3.02. The summed E-state index contributed by atoms with van der Waals surface area (Å²) in [7, 11) is 1.93. The quantitative estimate of drug-likeness (QED) is 0.331. The number of anilines is 3. The van der Waals surface area contributed by atoms with Gasteiger partial charge in [-0.3, -0.25) is 10.00 Å². The molecule has 10 nitrogen and oxygen atoms in total. The summed E-state index contributed by atoms with van der Waals surface area (Å²) in [6.07, 6.45) is 8.17. The molecule has 34 heavy (non-hydrogen) atoms. The molecule has 2 aliphatic heterocycles. The Morgan fingerprint density at radius 2 is 2.06 bits per heavy atom. The van der Waals surface area contributed by atoms with E-state index in [1.165, 1.54) is 6.42 Å². The fourth-order valence-corrected chi connectivity index (χ4v) is 6.27. The van der Waals surface area contributed by atoms with Crippen molar-refractivity contribution >= 4 is 39.1 Å². The highest BCUT2D eigenvalue weighted by Crippen LogP contribution is 2.39. The molecule has 4 aromatic rings. The summed E-state index contributed by atoms with van der Waals surface area (Å²) < 4.78 is 2.92. The molecule has 11 heteroatoms. The van der Waals surface area contributed by atoms with Crippen LogP contribution in [0.25, 0.3) is 10.2 Å². The monoisotopic (exact) mass is 479 g/mol. The van der Waals surface area contributed by atoms with E-state index in [1.54, 1.807) is 17.5 Å². The van der Waals surface area contributed by atoms with E-state index < -0.39 is 6.23 Å². The van der Waals surface area contributed by atoms with Crippen LogP contribution in [0.5, 0.6) is 0 Å². The normalized spacial score (nSPS) is 23.8. The van der Waals surface area contributed by atoms with E-state index in [4.69, 9.17) is 9.97 Å². The van der Waals surface area contributed by atoms with E-state index in [9.17, 15) is 5.11 Å². The molecule has 1 unspecified atom stereocenters. The van der Waals surface area contributed by atoms with Gasteiger partial charge in [0.2, 0.25) is 5.95 Å². The zero-order valence-corrected chi connectivity index (χ0v) is 20.1. The lowest BCUT2D eigenvalue weighted by Gasteiger charge is -2.50. The first-order valence-corrected chi connectivity index (χ1v) is 12.7. The number of fused-ring (bicyclic) bond motifs is 3. The van der Waals surface area contributed by atoms with Crippen LogP contribution in [0.2, 0.25) is 0 Å². The highest BCUT2D eigenvalue weighted by atomic mass is 32.1. The number of aliphatic hydroxyl groups excluding tert-OH is 1. The number of piperidine rings is 2. The van der Waals surface area contributed by atoms with Gasteiger partial charge >= 0.3 is 0 Å². The van der Waals surface area contributed by atoms with Crippen molar-refractivity contribution in [2.24, 2.45) is 7.05 Å². The minimum absolute atomic E-state index is 0.247. The van der Waals surface area contributed by atoms with Crippen LogP contribution < -0.4 is 10.6 Å². The molecule has 4 N–H and O–H groups in total. The number of H-pyrrole nitrogens is 1. The third-order valence-electron chi connectivity index (χ3n) is 6.99. The number of thiophene rings is 1. The molecule has 6 rings (SSSR count).